The van der Waals surface area contributed by atoms with Gasteiger partial charge in [0.1, 0.15) is 0 Å². The number of hydrogen-bond acceptors (Lipinski definition) is 2. The first-order valence-corrected chi connectivity index (χ1v) is 5.61. The summed E-state index contributed by atoms with van der Waals surface area (Å²) in [6.07, 6.45) is 1.06. The normalized spacial score (nSPS) is 25.1. The van der Waals surface area contributed by atoms with Crippen molar-refractivity contribution in [2.24, 2.45) is 5.92 Å². The zero-order chi connectivity index (χ0) is 10.9. The summed E-state index contributed by atoms with van der Waals surface area (Å²) >= 11 is 0. The van der Waals surface area contributed by atoms with Gasteiger partial charge < -0.3 is 10.4 Å². The minimum Gasteiger partial charge on any atom is -0.385 e. The van der Waals surface area contributed by atoms with E-state index in [1.165, 1.54) is 5.56 Å². The maximum atomic E-state index is 10.6. The highest BCUT2D eigenvalue weighted by atomic mass is 16.3. The van der Waals surface area contributed by atoms with Gasteiger partial charge in [0, 0.05) is 12.5 Å². The number of benzene rings is 1. The van der Waals surface area contributed by atoms with E-state index in [4.69, 9.17) is 0 Å². The van der Waals surface area contributed by atoms with Gasteiger partial charge >= 0.3 is 0 Å². The van der Waals surface area contributed by atoms with Crippen LogP contribution in [0.5, 0.6) is 0 Å². The topological polar surface area (TPSA) is 32.3 Å². The molecule has 2 N–H and O–H groups in total. The Balaban J connectivity index is 2.31. The molecule has 1 saturated heterocycles. The Hall–Kier alpha value is -0.860. The van der Waals surface area contributed by atoms with Crippen molar-refractivity contribution in [2.45, 2.75) is 25.9 Å². The van der Waals surface area contributed by atoms with Gasteiger partial charge in [0.05, 0.1) is 5.60 Å². The molecule has 1 heterocycles. The number of aliphatic hydroxyl groups is 1. The Kier molecular flexibility index (Phi) is 2.81. The first kappa shape index (κ1) is 10.7. The third kappa shape index (κ3) is 1.92. The van der Waals surface area contributed by atoms with Gasteiger partial charge in [0.2, 0.25) is 0 Å². The largest absolute Gasteiger partial charge is 0.385 e. The van der Waals surface area contributed by atoms with E-state index in [1.807, 2.05) is 25.1 Å². The van der Waals surface area contributed by atoms with Crippen LogP contribution >= 0.6 is 0 Å². The highest BCUT2D eigenvalue weighted by Gasteiger charge is 2.36. The van der Waals surface area contributed by atoms with Crippen LogP contribution in [0.25, 0.3) is 0 Å². The lowest BCUT2D eigenvalue weighted by molar-refractivity contribution is 0.00161. The zero-order valence-corrected chi connectivity index (χ0v) is 9.46. The lowest BCUT2D eigenvalue weighted by Crippen LogP contribution is -2.33. The van der Waals surface area contributed by atoms with Crippen LogP contribution in [0.3, 0.4) is 0 Å². The van der Waals surface area contributed by atoms with Gasteiger partial charge in [-0.2, -0.15) is 0 Å². The molecule has 0 radical (unpaired) electrons. The molecule has 82 valence electrons. The number of rotatable bonds is 2. The molecule has 0 spiro atoms. The van der Waals surface area contributed by atoms with Crippen LogP contribution in [-0.2, 0) is 5.60 Å². The average molecular weight is 205 g/mol. The third-order valence-corrected chi connectivity index (χ3v) is 3.55. The lowest BCUT2D eigenvalue weighted by Gasteiger charge is -2.31. The molecule has 0 bridgehead atoms. The Morgan fingerprint density at radius 3 is 2.73 bits per heavy atom. The van der Waals surface area contributed by atoms with Gasteiger partial charge in [-0.3, -0.25) is 0 Å². The maximum absolute atomic E-state index is 10.6. The second kappa shape index (κ2) is 3.95. The minimum atomic E-state index is -0.700. The number of aryl methyl sites for hydroxylation is 1. The SMILES string of the molecule is Cc1ccccc1C(C)(O)C1CCNC1. The molecule has 2 unspecified atom stereocenters. The fourth-order valence-electron chi connectivity index (χ4n) is 2.50. The maximum Gasteiger partial charge on any atom is 0.0911 e. The highest BCUT2D eigenvalue weighted by molar-refractivity contribution is 5.31. The lowest BCUT2D eigenvalue weighted by atomic mass is 9.80. The second-order valence-electron chi connectivity index (χ2n) is 4.65. The zero-order valence-electron chi connectivity index (χ0n) is 9.46. The van der Waals surface area contributed by atoms with Crippen LogP contribution in [0.2, 0.25) is 0 Å². The Morgan fingerprint density at radius 2 is 2.13 bits per heavy atom. The molecule has 0 aliphatic carbocycles. The predicted octanol–water partition coefficient (Wildman–Crippen LogP) is 1.81. The standard InChI is InChI=1S/C13H19NO/c1-10-5-3-4-6-12(10)13(2,15)11-7-8-14-9-11/h3-6,11,14-15H,7-9H2,1-2H3. The van der Waals surface area contributed by atoms with Crippen LogP contribution in [0, 0.1) is 12.8 Å². The molecule has 1 aliphatic heterocycles. The molecular formula is C13H19NO. The number of hydrogen-bond donors (Lipinski definition) is 2. The molecule has 1 aliphatic rings. The molecule has 2 heteroatoms. The van der Waals surface area contributed by atoms with Gasteiger partial charge in [-0.25, -0.2) is 0 Å². The van der Waals surface area contributed by atoms with Gasteiger partial charge in [-0.15, -0.1) is 0 Å². The van der Waals surface area contributed by atoms with Gasteiger partial charge in [0.15, 0.2) is 0 Å². The van der Waals surface area contributed by atoms with E-state index < -0.39 is 5.60 Å². The van der Waals surface area contributed by atoms with E-state index >= 15 is 0 Å². The summed E-state index contributed by atoms with van der Waals surface area (Å²) in [4.78, 5) is 0. The summed E-state index contributed by atoms with van der Waals surface area (Å²) in [6.45, 7) is 5.94. The molecule has 0 saturated carbocycles. The van der Waals surface area contributed by atoms with Crippen LogP contribution in [0.15, 0.2) is 24.3 Å². The second-order valence-corrected chi connectivity index (χ2v) is 4.65. The first-order chi connectivity index (χ1) is 7.12. The van der Waals surface area contributed by atoms with Crippen molar-refractivity contribution in [3.8, 4) is 0 Å². The first-order valence-electron chi connectivity index (χ1n) is 5.61. The van der Waals surface area contributed by atoms with Gasteiger partial charge in [-0.05, 0) is 37.9 Å². The molecule has 2 rings (SSSR count). The third-order valence-electron chi connectivity index (χ3n) is 3.55. The van der Waals surface area contributed by atoms with E-state index in [0.717, 1.165) is 25.1 Å². The van der Waals surface area contributed by atoms with Crippen molar-refractivity contribution in [3.05, 3.63) is 35.4 Å². The average Bonchev–Trinajstić information content (AvgIpc) is 2.71. The van der Waals surface area contributed by atoms with Gasteiger partial charge in [-0.1, -0.05) is 24.3 Å². The molecule has 2 atom stereocenters. The summed E-state index contributed by atoms with van der Waals surface area (Å²) in [5.41, 5.74) is 1.54. The molecule has 1 aromatic rings. The van der Waals surface area contributed by atoms with Crippen molar-refractivity contribution in [3.63, 3.8) is 0 Å². The van der Waals surface area contributed by atoms with Crippen LogP contribution < -0.4 is 5.32 Å². The minimum absolute atomic E-state index is 0.332. The Morgan fingerprint density at radius 1 is 1.40 bits per heavy atom. The summed E-state index contributed by atoms with van der Waals surface area (Å²) in [5.74, 6) is 0.332. The summed E-state index contributed by atoms with van der Waals surface area (Å²) < 4.78 is 0. The van der Waals surface area contributed by atoms with Crippen molar-refractivity contribution in [2.75, 3.05) is 13.1 Å². The monoisotopic (exact) mass is 205 g/mol. The van der Waals surface area contributed by atoms with Crippen molar-refractivity contribution < 1.29 is 5.11 Å². The molecule has 15 heavy (non-hydrogen) atoms. The van der Waals surface area contributed by atoms with Crippen LogP contribution in [0.1, 0.15) is 24.5 Å². The van der Waals surface area contributed by atoms with Crippen molar-refractivity contribution >= 4 is 0 Å². The Bertz CT molecular complexity index is 340. The molecule has 0 amide bonds. The summed E-state index contributed by atoms with van der Waals surface area (Å²) in [5, 5.41) is 13.9. The molecular weight excluding hydrogens is 186 g/mol. The van der Waals surface area contributed by atoms with E-state index in [9.17, 15) is 5.11 Å². The van der Waals surface area contributed by atoms with E-state index in [0.29, 0.717) is 5.92 Å². The van der Waals surface area contributed by atoms with Crippen molar-refractivity contribution in [1.29, 1.82) is 0 Å². The van der Waals surface area contributed by atoms with E-state index in [1.54, 1.807) is 0 Å². The van der Waals surface area contributed by atoms with Crippen LogP contribution in [0.4, 0.5) is 0 Å². The summed E-state index contributed by atoms with van der Waals surface area (Å²) in [7, 11) is 0. The molecule has 1 fully saturated rings. The Labute approximate surface area is 91.3 Å². The molecule has 1 aromatic carbocycles. The molecule has 2 nitrogen and oxygen atoms in total. The highest BCUT2D eigenvalue weighted by Crippen LogP contribution is 2.34. The van der Waals surface area contributed by atoms with Crippen molar-refractivity contribution in [1.82, 2.24) is 5.32 Å². The summed E-state index contributed by atoms with van der Waals surface area (Å²) in [6, 6.07) is 8.11. The predicted molar refractivity (Wildman–Crippen MR) is 61.7 cm³/mol. The van der Waals surface area contributed by atoms with Crippen LogP contribution in [-0.4, -0.2) is 18.2 Å². The smallest absolute Gasteiger partial charge is 0.0911 e. The number of nitrogens with one attached hydrogen (secondary N) is 1. The molecule has 0 aromatic heterocycles. The quantitative estimate of drug-likeness (QED) is 0.772. The van der Waals surface area contributed by atoms with E-state index in [2.05, 4.69) is 18.3 Å². The fraction of sp³-hybridized carbons (Fsp3) is 0.538. The van der Waals surface area contributed by atoms with Gasteiger partial charge in [0.25, 0.3) is 0 Å². The fourth-order valence-corrected chi connectivity index (χ4v) is 2.50. The van der Waals surface area contributed by atoms with E-state index in [-0.39, 0.29) is 0 Å².